The first-order chi connectivity index (χ1) is 14.6. The number of fused-ring (bicyclic) bond motifs is 3. The molecule has 1 fully saturated rings. The Labute approximate surface area is 199 Å². The van der Waals surface area contributed by atoms with Crippen molar-refractivity contribution in [1.29, 1.82) is 0 Å². The molecule has 178 valence electrons. The first-order valence-corrected chi connectivity index (χ1v) is 10.5. The highest BCUT2D eigenvalue weighted by Crippen LogP contribution is 2.32. The molecule has 0 spiro atoms. The van der Waals surface area contributed by atoms with Crippen LogP contribution in [0.15, 0.2) is 18.2 Å². The van der Waals surface area contributed by atoms with Gasteiger partial charge in [0.05, 0.1) is 30.3 Å². The van der Waals surface area contributed by atoms with Crippen LogP contribution < -0.4 is 10.6 Å². The lowest BCUT2D eigenvalue weighted by molar-refractivity contribution is -0.0718. The number of rotatable bonds is 8. The fraction of sp³-hybridized carbons (Fsp3) is 0.524. The molecule has 0 aliphatic carbocycles. The standard InChI is InChI=1S/C21H29N5O4.2ClH/c1-2-29-13-18-24-19-20(26(18)11-14(28)12-27)16-7-6-15(10-17(16)23-21(19)22)30-25-8-4-3-5-9-25;;/h6-7,10,14,27-28H,2-5,8-9,11-13H2,1H3,(H2,22,23);2*1H. The smallest absolute Gasteiger partial charge is 0.152 e. The quantitative estimate of drug-likeness (QED) is 0.443. The minimum absolute atomic E-state index is 0. The lowest BCUT2D eigenvalue weighted by Crippen LogP contribution is -2.32. The Balaban J connectivity index is 0.00000181. The van der Waals surface area contributed by atoms with Gasteiger partial charge in [0.15, 0.2) is 5.82 Å². The molecule has 0 radical (unpaired) electrons. The molecule has 1 saturated heterocycles. The van der Waals surface area contributed by atoms with Crippen molar-refractivity contribution in [2.45, 2.75) is 45.4 Å². The maximum absolute atomic E-state index is 10.1. The average molecular weight is 488 g/mol. The van der Waals surface area contributed by atoms with Gasteiger partial charge in [0.1, 0.15) is 23.7 Å². The van der Waals surface area contributed by atoms with Gasteiger partial charge in [0.25, 0.3) is 0 Å². The molecule has 3 heterocycles. The van der Waals surface area contributed by atoms with E-state index in [9.17, 15) is 10.2 Å². The Kier molecular flexibility index (Phi) is 9.75. The molecular formula is C21H31Cl2N5O4. The van der Waals surface area contributed by atoms with E-state index < -0.39 is 6.10 Å². The molecule has 1 atom stereocenters. The minimum Gasteiger partial charge on any atom is -0.406 e. The van der Waals surface area contributed by atoms with Gasteiger partial charge in [-0.1, -0.05) is 6.42 Å². The SMILES string of the molecule is CCOCc1nc2c(N)nc3cc(ON4CCCCC4)ccc3c2n1CC(O)CO.Cl.Cl. The topological polar surface area (TPSA) is 119 Å². The highest BCUT2D eigenvalue weighted by Gasteiger charge is 2.20. The van der Waals surface area contributed by atoms with Gasteiger partial charge in [-0.2, -0.15) is 0 Å². The third-order valence-electron chi connectivity index (χ3n) is 5.34. The zero-order valence-electron chi connectivity index (χ0n) is 18.1. The van der Waals surface area contributed by atoms with Crippen molar-refractivity contribution in [3.05, 3.63) is 24.0 Å². The minimum atomic E-state index is -0.922. The average Bonchev–Trinajstić information content (AvgIpc) is 3.11. The normalized spacial score (nSPS) is 15.3. The van der Waals surface area contributed by atoms with Gasteiger partial charge in [-0.25, -0.2) is 9.97 Å². The molecule has 11 heteroatoms. The predicted octanol–water partition coefficient (Wildman–Crippen LogP) is 2.68. The largest absolute Gasteiger partial charge is 0.406 e. The van der Waals surface area contributed by atoms with Crippen molar-refractivity contribution in [3.63, 3.8) is 0 Å². The maximum atomic E-state index is 10.1. The molecule has 0 saturated carbocycles. The highest BCUT2D eigenvalue weighted by molar-refractivity contribution is 6.06. The molecule has 4 N–H and O–H groups in total. The fourth-order valence-electron chi connectivity index (χ4n) is 3.87. The molecule has 32 heavy (non-hydrogen) atoms. The molecule has 3 aromatic rings. The van der Waals surface area contributed by atoms with Gasteiger partial charge in [-0.3, -0.25) is 0 Å². The number of nitrogens with two attached hydrogens (primary N) is 1. The molecule has 2 aromatic heterocycles. The van der Waals surface area contributed by atoms with Crippen LogP contribution in [0.2, 0.25) is 0 Å². The van der Waals surface area contributed by atoms with Crippen LogP contribution in [-0.2, 0) is 17.9 Å². The number of aliphatic hydroxyl groups is 2. The number of hydrogen-bond acceptors (Lipinski definition) is 8. The Morgan fingerprint density at radius 3 is 2.59 bits per heavy atom. The van der Waals surface area contributed by atoms with Crippen LogP contribution in [0.25, 0.3) is 21.9 Å². The lowest BCUT2D eigenvalue weighted by Gasteiger charge is -2.26. The highest BCUT2D eigenvalue weighted by atomic mass is 35.5. The number of imidazole rings is 1. The molecule has 0 amide bonds. The second-order valence-corrected chi connectivity index (χ2v) is 7.57. The third-order valence-corrected chi connectivity index (χ3v) is 5.34. The summed E-state index contributed by atoms with van der Waals surface area (Å²) < 4.78 is 7.40. The molecule has 9 nitrogen and oxygen atoms in total. The van der Waals surface area contributed by atoms with Crippen LogP contribution in [-0.4, -0.2) is 62.2 Å². The Morgan fingerprint density at radius 1 is 1.16 bits per heavy atom. The van der Waals surface area contributed by atoms with Gasteiger partial charge in [-0.15, -0.1) is 29.9 Å². The van der Waals surface area contributed by atoms with Crippen molar-refractivity contribution in [2.24, 2.45) is 0 Å². The van der Waals surface area contributed by atoms with Crippen molar-refractivity contribution in [2.75, 3.05) is 32.0 Å². The second kappa shape index (κ2) is 11.8. The van der Waals surface area contributed by atoms with Crippen LogP contribution >= 0.6 is 24.8 Å². The van der Waals surface area contributed by atoms with E-state index in [4.69, 9.17) is 15.3 Å². The van der Waals surface area contributed by atoms with E-state index in [2.05, 4.69) is 9.97 Å². The van der Waals surface area contributed by atoms with Gasteiger partial charge >= 0.3 is 0 Å². The number of nitrogens with zero attached hydrogens (tertiary/aromatic N) is 4. The van der Waals surface area contributed by atoms with E-state index in [1.807, 2.05) is 34.8 Å². The molecular weight excluding hydrogens is 457 g/mol. The molecule has 1 aromatic carbocycles. The van der Waals surface area contributed by atoms with E-state index in [-0.39, 0.29) is 44.6 Å². The van der Waals surface area contributed by atoms with Crippen LogP contribution in [0, 0.1) is 0 Å². The van der Waals surface area contributed by atoms with Gasteiger partial charge < -0.3 is 30.1 Å². The first-order valence-electron chi connectivity index (χ1n) is 10.5. The summed E-state index contributed by atoms with van der Waals surface area (Å²) in [5.41, 5.74) is 8.26. The number of nitrogen functional groups attached to an aromatic ring is 1. The van der Waals surface area contributed by atoms with Crippen LogP contribution in [0.5, 0.6) is 5.75 Å². The third kappa shape index (κ3) is 5.54. The summed E-state index contributed by atoms with van der Waals surface area (Å²) in [5.74, 6) is 1.66. The number of ether oxygens (including phenoxy) is 1. The van der Waals surface area contributed by atoms with E-state index in [1.165, 1.54) is 6.42 Å². The molecule has 4 rings (SSSR count). The van der Waals surface area contributed by atoms with Crippen molar-refractivity contribution in [1.82, 2.24) is 19.6 Å². The number of aromatic nitrogens is 3. The Bertz CT molecular complexity index is 1030. The fourth-order valence-corrected chi connectivity index (χ4v) is 3.87. The van der Waals surface area contributed by atoms with Crippen LogP contribution in [0.1, 0.15) is 32.0 Å². The van der Waals surface area contributed by atoms with Crippen molar-refractivity contribution < 1.29 is 19.8 Å². The predicted molar refractivity (Wildman–Crippen MR) is 128 cm³/mol. The second-order valence-electron chi connectivity index (χ2n) is 7.57. The summed E-state index contributed by atoms with van der Waals surface area (Å²) in [5, 5.41) is 22.3. The Hall–Kier alpha value is -1.88. The number of piperidine rings is 1. The number of hydroxylamine groups is 2. The number of hydrogen-bond donors (Lipinski definition) is 3. The summed E-state index contributed by atoms with van der Waals surface area (Å²) in [6, 6.07) is 5.73. The van der Waals surface area contributed by atoms with Gasteiger partial charge in [-0.05, 0) is 31.9 Å². The van der Waals surface area contributed by atoms with E-state index in [0.717, 1.165) is 36.8 Å². The first kappa shape index (κ1) is 26.4. The molecule has 0 bridgehead atoms. The van der Waals surface area contributed by atoms with Crippen LogP contribution in [0.3, 0.4) is 0 Å². The molecule has 1 aliphatic heterocycles. The van der Waals surface area contributed by atoms with Crippen molar-refractivity contribution >= 4 is 52.6 Å². The lowest BCUT2D eigenvalue weighted by atomic mass is 10.1. The van der Waals surface area contributed by atoms with Crippen LogP contribution in [0.4, 0.5) is 5.82 Å². The zero-order chi connectivity index (χ0) is 21.1. The molecule has 1 aliphatic rings. The monoisotopic (exact) mass is 487 g/mol. The summed E-state index contributed by atoms with van der Waals surface area (Å²) in [7, 11) is 0. The molecule has 1 unspecified atom stereocenters. The summed E-state index contributed by atoms with van der Waals surface area (Å²) in [6.45, 7) is 4.39. The van der Waals surface area contributed by atoms with Gasteiger partial charge in [0, 0.05) is 31.1 Å². The summed E-state index contributed by atoms with van der Waals surface area (Å²) >= 11 is 0. The van der Waals surface area contributed by atoms with E-state index >= 15 is 0 Å². The maximum Gasteiger partial charge on any atom is 0.152 e. The summed E-state index contributed by atoms with van der Waals surface area (Å²) in [4.78, 5) is 15.2. The van der Waals surface area contributed by atoms with E-state index in [0.29, 0.717) is 35.0 Å². The number of aliphatic hydroxyl groups excluding tert-OH is 2. The number of halogens is 2. The van der Waals surface area contributed by atoms with Gasteiger partial charge in [0.2, 0.25) is 0 Å². The Morgan fingerprint density at radius 2 is 1.91 bits per heavy atom. The summed E-state index contributed by atoms with van der Waals surface area (Å²) in [6.07, 6.45) is 2.58. The number of benzene rings is 1. The number of anilines is 1. The van der Waals surface area contributed by atoms with Crippen molar-refractivity contribution in [3.8, 4) is 5.75 Å². The number of pyridine rings is 1. The van der Waals surface area contributed by atoms with E-state index in [1.54, 1.807) is 0 Å². The zero-order valence-corrected chi connectivity index (χ0v) is 19.7.